The van der Waals surface area contributed by atoms with Gasteiger partial charge in [0.25, 0.3) is 0 Å². The highest BCUT2D eigenvalue weighted by Crippen LogP contribution is 2.18. The highest BCUT2D eigenvalue weighted by atomic mass is 32.2. The summed E-state index contributed by atoms with van der Waals surface area (Å²) >= 11 is 5.32. The highest BCUT2D eigenvalue weighted by molar-refractivity contribution is 7.89. The monoisotopic (exact) mass is 379 g/mol. The van der Waals surface area contributed by atoms with E-state index in [9.17, 15) is 12.8 Å². The minimum atomic E-state index is -3.49. The first-order valence-electron chi connectivity index (χ1n) is 7.84. The van der Waals surface area contributed by atoms with E-state index in [4.69, 9.17) is 12.2 Å². The van der Waals surface area contributed by atoms with Gasteiger partial charge in [-0.05, 0) is 36.5 Å². The van der Waals surface area contributed by atoms with Gasteiger partial charge in [0.15, 0.2) is 5.11 Å². The lowest BCUT2D eigenvalue weighted by Crippen LogP contribution is -2.51. The SMILES string of the molecule is O=S(=O)(c1ccccc1)N1CCN(C(=S)Nc2ccccc2F)CC1. The van der Waals surface area contributed by atoms with Gasteiger partial charge in [0, 0.05) is 26.2 Å². The fraction of sp³-hybridized carbons (Fsp3) is 0.235. The number of nitrogens with zero attached hydrogens (tertiary/aromatic N) is 2. The molecule has 5 nitrogen and oxygen atoms in total. The van der Waals surface area contributed by atoms with E-state index in [1.807, 2.05) is 4.90 Å². The van der Waals surface area contributed by atoms with Crippen LogP contribution in [-0.4, -0.2) is 48.9 Å². The second-order valence-corrected chi connectivity index (χ2v) is 7.94. The molecule has 1 aliphatic rings. The van der Waals surface area contributed by atoms with Gasteiger partial charge in [-0.1, -0.05) is 30.3 Å². The maximum absolute atomic E-state index is 13.7. The van der Waals surface area contributed by atoms with Crippen molar-refractivity contribution in [3.63, 3.8) is 0 Å². The van der Waals surface area contributed by atoms with Crippen molar-refractivity contribution in [2.24, 2.45) is 0 Å². The normalized spacial score (nSPS) is 15.8. The van der Waals surface area contributed by atoms with Gasteiger partial charge in [-0.15, -0.1) is 0 Å². The van der Waals surface area contributed by atoms with Gasteiger partial charge in [0.05, 0.1) is 10.6 Å². The lowest BCUT2D eigenvalue weighted by molar-refractivity contribution is 0.268. The summed E-state index contributed by atoms with van der Waals surface area (Å²) in [6.45, 7) is 1.56. The summed E-state index contributed by atoms with van der Waals surface area (Å²) in [7, 11) is -3.49. The molecule has 2 aromatic rings. The summed E-state index contributed by atoms with van der Waals surface area (Å²) in [4.78, 5) is 2.13. The molecule has 0 aliphatic carbocycles. The minimum absolute atomic E-state index is 0.288. The number of benzene rings is 2. The maximum atomic E-state index is 13.7. The third-order valence-corrected chi connectivity index (χ3v) is 6.30. The van der Waals surface area contributed by atoms with E-state index >= 15 is 0 Å². The van der Waals surface area contributed by atoms with Crippen LogP contribution < -0.4 is 5.32 Å². The van der Waals surface area contributed by atoms with Gasteiger partial charge in [0.1, 0.15) is 5.82 Å². The molecule has 1 saturated heterocycles. The van der Waals surface area contributed by atoms with Crippen molar-refractivity contribution in [2.75, 3.05) is 31.5 Å². The number of sulfonamides is 1. The average Bonchev–Trinajstić information content (AvgIpc) is 2.64. The van der Waals surface area contributed by atoms with Crippen molar-refractivity contribution in [2.45, 2.75) is 4.90 Å². The molecule has 1 fully saturated rings. The number of piperazine rings is 1. The van der Waals surface area contributed by atoms with E-state index in [1.54, 1.807) is 48.5 Å². The fourth-order valence-electron chi connectivity index (χ4n) is 2.63. The number of hydrogen-bond donors (Lipinski definition) is 1. The van der Waals surface area contributed by atoms with Crippen molar-refractivity contribution >= 4 is 33.0 Å². The van der Waals surface area contributed by atoms with E-state index in [0.29, 0.717) is 37.0 Å². The molecule has 25 heavy (non-hydrogen) atoms. The van der Waals surface area contributed by atoms with E-state index in [2.05, 4.69) is 5.32 Å². The standard InChI is InChI=1S/C17H18FN3O2S2/c18-15-8-4-5-9-16(15)19-17(24)20-10-12-21(13-11-20)25(22,23)14-6-2-1-3-7-14/h1-9H,10-13H2,(H,19,24). The zero-order valence-corrected chi connectivity index (χ0v) is 15.1. The summed E-state index contributed by atoms with van der Waals surface area (Å²) in [6.07, 6.45) is 0. The van der Waals surface area contributed by atoms with Crippen LogP contribution in [0, 0.1) is 5.82 Å². The van der Waals surface area contributed by atoms with E-state index in [-0.39, 0.29) is 10.7 Å². The second kappa shape index (κ2) is 7.47. The average molecular weight is 379 g/mol. The molecule has 0 spiro atoms. The zero-order chi connectivity index (χ0) is 17.9. The van der Waals surface area contributed by atoms with Gasteiger partial charge in [-0.25, -0.2) is 12.8 Å². The van der Waals surface area contributed by atoms with Crippen molar-refractivity contribution in [3.8, 4) is 0 Å². The molecule has 1 aliphatic heterocycles. The number of thiocarbonyl (C=S) groups is 1. The van der Waals surface area contributed by atoms with Crippen LogP contribution in [0.2, 0.25) is 0 Å². The van der Waals surface area contributed by atoms with Crippen molar-refractivity contribution in [1.29, 1.82) is 0 Å². The molecule has 0 atom stereocenters. The predicted octanol–water partition coefficient (Wildman–Crippen LogP) is 2.53. The Morgan fingerprint density at radius 2 is 1.56 bits per heavy atom. The third kappa shape index (κ3) is 3.97. The molecular formula is C17H18FN3O2S2. The van der Waals surface area contributed by atoms with Crippen LogP contribution in [-0.2, 0) is 10.0 Å². The molecule has 0 aromatic heterocycles. The van der Waals surface area contributed by atoms with Gasteiger partial charge in [-0.2, -0.15) is 4.31 Å². The third-order valence-electron chi connectivity index (χ3n) is 4.02. The number of rotatable bonds is 3. The summed E-state index contributed by atoms with van der Waals surface area (Å²) < 4.78 is 40.4. The molecule has 1 N–H and O–H groups in total. The molecule has 0 bridgehead atoms. The van der Waals surface area contributed by atoms with Crippen molar-refractivity contribution in [1.82, 2.24) is 9.21 Å². The Hall–Kier alpha value is -2.03. The molecule has 1 heterocycles. The molecule has 2 aromatic carbocycles. The molecule has 8 heteroatoms. The Morgan fingerprint density at radius 3 is 2.20 bits per heavy atom. The maximum Gasteiger partial charge on any atom is 0.243 e. The van der Waals surface area contributed by atoms with E-state index in [1.165, 1.54) is 10.4 Å². The Morgan fingerprint density at radius 1 is 0.960 bits per heavy atom. The van der Waals surface area contributed by atoms with Crippen LogP contribution >= 0.6 is 12.2 Å². The molecule has 0 unspecified atom stereocenters. The molecule has 0 saturated carbocycles. The molecule has 0 radical (unpaired) electrons. The largest absolute Gasteiger partial charge is 0.346 e. The lowest BCUT2D eigenvalue weighted by atomic mass is 10.3. The zero-order valence-electron chi connectivity index (χ0n) is 13.4. The molecule has 3 rings (SSSR count). The van der Waals surface area contributed by atoms with Crippen molar-refractivity contribution in [3.05, 3.63) is 60.4 Å². The number of nitrogens with one attached hydrogen (secondary N) is 1. The van der Waals surface area contributed by atoms with Crippen LogP contribution in [0.1, 0.15) is 0 Å². The van der Waals surface area contributed by atoms with Crippen LogP contribution in [0.4, 0.5) is 10.1 Å². The van der Waals surface area contributed by atoms with Gasteiger partial charge < -0.3 is 10.2 Å². The molecular weight excluding hydrogens is 361 g/mol. The van der Waals surface area contributed by atoms with Crippen LogP contribution in [0.3, 0.4) is 0 Å². The topological polar surface area (TPSA) is 52.7 Å². The first-order valence-corrected chi connectivity index (χ1v) is 9.69. The number of para-hydroxylation sites is 1. The number of halogens is 1. The Bertz CT molecular complexity index is 851. The quantitative estimate of drug-likeness (QED) is 0.831. The lowest BCUT2D eigenvalue weighted by Gasteiger charge is -2.35. The van der Waals surface area contributed by atoms with Gasteiger partial charge >= 0.3 is 0 Å². The Kier molecular flexibility index (Phi) is 5.31. The fourth-order valence-corrected chi connectivity index (χ4v) is 4.37. The molecule has 132 valence electrons. The van der Waals surface area contributed by atoms with Crippen LogP contribution in [0.5, 0.6) is 0 Å². The number of hydrogen-bond acceptors (Lipinski definition) is 3. The van der Waals surface area contributed by atoms with Crippen LogP contribution in [0.15, 0.2) is 59.5 Å². The Labute approximate surface area is 152 Å². The van der Waals surface area contributed by atoms with Crippen LogP contribution in [0.25, 0.3) is 0 Å². The first-order chi connectivity index (χ1) is 12.0. The summed E-state index contributed by atoms with van der Waals surface area (Å²) in [5.41, 5.74) is 0.312. The summed E-state index contributed by atoms with van der Waals surface area (Å²) in [5, 5.41) is 3.27. The van der Waals surface area contributed by atoms with Gasteiger partial charge in [-0.3, -0.25) is 0 Å². The minimum Gasteiger partial charge on any atom is -0.346 e. The predicted molar refractivity (Wildman–Crippen MR) is 99.4 cm³/mol. The highest BCUT2D eigenvalue weighted by Gasteiger charge is 2.29. The van der Waals surface area contributed by atoms with Crippen molar-refractivity contribution < 1.29 is 12.8 Å². The molecule has 0 amide bonds. The van der Waals surface area contributed by atoms with E-state index in [0.717, 1.165) is 0 Å². The first kappa shape index (κ1) is 17.8. The Balaban J connectivity index is 1.62. The summed E-state index contributed by atoms with van der Waals surface area (Å²) in [6, 6.07) is 14.7. The smallest absolute Gasteiger partial charge is 0.243 e. The number of anilines is 1. The van der Waals surface area contributed by atoms with Gasteiger partial charge in [0.2, 0.25) is 10.0 Å². The summed E-state index contributed by atoms with van der Waals surface area (Å²) in [5.74, 6) is -0.379. The second-order valence-electron chi connectivity index (χ2n) is 5.61. The van der Waals surface area contributed by atoms with E-state index < -0.39 is 10.0 Å².